The van der Waals surface area contributed by atoms with Gasteiger partial charge in [-0.3, -0.25) is 0 Å². The van der Waals surface area contributed by atoms with Gasteiger partial charge in [-0.1, -0.05) is 69.2 Å². The zero-order valence-electron chi connectivity index (χ0n) is 20.8. The van der Waals surface area contributed by atoms with E-state index in [9.17, 15) is 0 Å². The Morgan fingerprint density at radius 3 is 0.429 bits per heavy atom. The van der Waals surface area contributed by atoms with Crippen LogP contribution in [0.2, 0.25) is 0 Å². The van der Waals surface area contributed by atoms with Crippen LogP contribution in [0.4, 0.5) is 0 Å². The molecule has 0 heterocycles. The molecular formula is C24H52O2Ru2+2. The van der Waals surface area contributed by atoms with Gasteiger partial charge in [-0.15, -0.1) is 0 Å². The van der Waals surface area contributed by atoms with Crippen molar-refractivity contribution >= 4 is 0 Å². The quantitative estimate of drug-likeness (QED) is 0.331. The van der Waals surface area contributed by atoms with Crippen molar-refractivity contribution in [1.82, 2.24) is 0 Å². The molecular weight excluding hydrogens is 522 g/mol. The maximum Gasteiger partial charge on any atom is 1.00 e. The van der Waals surface area contributed by atoms with E-state index < -0.39 is 0 Å². The molecule has 2 radical (unpaired) electrons. The zero-order valence-corrected chi connectivity index (χ0v) is 24.3. The molecule has 2 aliphatic carbocycles. The first-order valence-electron chi connectivity index (χ1n) is 11.2. The second-order valence-electron chi connectivity index (χ2n) is 9.22. The maximum absolute atomic E-state index is 7.57. The predicted molar refractivity (Wildman–Crippen MR) is 117 cm³/mol. The second-order valence-corrected chi connectivity index (χ2v) is 9.22. The number of aliphatic hydroxyl groups is 2. The van der Waals surface area contributed by atoms with E-state index in [1.54, 1.807) is 13.8 Å². The minimum Gasteiger partial charge on any atom is -0.397 e. The molecule has 4 heteroatoms. The van der Waals surface area contributed by atoms with Crippen molar-refractivity contribution in [2.45, 2.75) is 83.1 Å². The standard InChI is InChI=1S/2C10H20.2C2H6O.2Ru/c2*1-6-7(2)9(4)10(5)8(6)3;2*1-2-3;;/h2*6-10H,1-5H3;2*3H,2H2,1H3;;/q;;;;2*+1. The van der Waals surface area contributed by atoms with Gasteiger partial charge in [-0.25, -0.2) is 0 Å². The van der Waals surface area contributed by atoms with Gasteiger partial charge < -0.3 is 10.2 Å². The Morgan fingerprint density at radius 1 is 0.357 bits per heavy atom. The Balaban J connectivity index is -0.000000153. The number of rotatable bonds is 0. The average Bonchev–Trinajstić information content (AvgIpc) is 2.87. The van der Waals surface area contributed by atoms with Crippen LogP contribution in [-0.2, 0) is 39.0 Å². The van der Waals surface area contributed by atoms with E-state index in [2.05, 4.69) is 69.2 Å². The van der Waals surface area contributed by atoms with E-state index in [0.29, 0.717) is 0 Å². The normalized spacial score (nSPS) is 40.9. The zero-order chi connectivity index (χ0) is 21.2. The molecule has 28 heavy (non-hydrogen) atoms. The summed E-state index contributed by atoms with van der Waals surface area (Å²) in [6.07, 6.45) is 0. The summed E-state index contributed by atoms with van der Waals surface area (Å²) in [5.41, 5.74) is 0. The molecule has 174 valence electrons. The van der Waals surface area contributed by atoms with Crippen molar-refractivity contribution in [2.24, 2.45) is 59.2 Å². The molecule has 0 spiro atoms. The SMILES string of the molecule is CC1C(C)C(C)C(C)C1C.CC1C(C)C(C)C(C)C1C.CCO.CCO.[Ru+].[Ru+]. The van der Waals surface area contributed by atoms with Gasteiger partial charge in [-0.2, -0.15) is 0 Å². The minimum atomic E-state index is 0. The van der Waals surface area contributed by atoms with Crippen LogP contribution in [0.1, 0.15) is 83.1 Å². The summed E-state index contributed by atoms with van der Waals surface area (Å²) < 4.78 is 0. The van der Waals surface area contributed by atoms with Gasteiger partial charge in [0.2, 0.25) is 0 Å². The topological polar surface area (TPSA) is 40.5 Å². The first-order valence-corrected chi connectivity index (χ1v) is 11.2. The smallest absolute Gasteiger partial charge is 0.397 e. The van der Waals surface area contributed by atoms with Gasteiger partial charge >= 0.3 is 39.0 Å². The Labute approximate surface area is 203 Å². The molecule has 0 amide bonds. The molecule has 2 fully saturated rings. The fourth-order valence-electron chi connectivity index (χ4n) is 4.79. The van der Waals surface area contributed by atoms with Crippen LogP contribution in [-0.4, -0.2) is 23.4 Å². The van der Waals surface area contributed by atoms with Crippen molar-refractivity contribution in [3.8, 4) is 0 Å². The summed E-state index contributed by atoms with van der Waals surface area (Å²) in [4.78, 5) is 0. The Morgan fingerprint density at radius 2 is 0.393 bits per heavy atom. The van der Waals surface area contributed by atoms with E-state index in [-0.39, 0.29) is 52.2 Å². The largest absolute Gasteiger partial charge is 1.00 e. The summed E-state index contributed by atoms with van der Waals surface area (Å²) in [6, 6.07) is 0. The first-order chi connectivity index (χ1) is 11.9. The van der Waals surface area contributed by atoms with Crippen LogP contribution in [0.3, 0.4) is 0 Å². The molecule has 2 aliphatic rings. The third-order valence-electron chi connectivity index (χ3n) is 8.29. The van der Waals surface area contributed by atoms with Crippen molar-refractivity contribution in [2.75, 3.05) is 13.2 Å². The van der Waals surface area contributed by atoms with Gasteiger partial charge in [0.1, 0.15) is 0 Å². The van der Waals surface area contributed by atoms with Gasteiger partial charge in [0.15, 0.2) is 0 Å². The van der Waals surface area contributed by atoms with Crippen LogP contribution in [0, 0.1) is 59.2 Å². The van der Waals surface area contributed by atoms with Crippen molar-refractivity contribution in [3.05, 3.63) is 0 Å². The molecule has 2 N–H and O–H groups in total. The van der Waals surface area contributed by atoms with Crippen LogP contribution in [0.25, 0.3) is 0 Å². The molecule has 0 saturated heterocycles. The molecule has 2 rings (SSSR count). The fraction of sp³-hybridized carbons (Fsp3) is 1.00. The minimum absolute atomic E-state index is 0. The van der Waals surface area contributed by atoms with Crippen molar-refractivity contribution in [3.63, 3.8) is 0 Å². The van der Waals surface area contributed by atoms with Gasteiger partial charge in [-0.05, 0) is 73.0 Å². The van der Waals surface area contributed by atoms with Crippen LogP contribution in [0.15, 0.2) is 0 Å². The average molecular weight is 575 g/mol. The maximum atomic E-state index is 7.57. The predicted octanol–water partition coefficient (Wildman–Crippen LogP) is 6.35. The van der Waals surface area contributed by atoms with Crippen molar-refractivity contribution in [1.29, 1.82) is 0 Å². The van der Waals surface area contributed by atoms with Crippen LogP contribution in [0.5, 0.6) is 0 Å². The summed E-state index contributed by atoms with van der Waals surface area (Å²) in [5.74, 6) is 9.35. The summed E-state index contributed by atoms with van der Waals surface area (Å²) in [5, 5.41) is 15.1. The van der Waals surface area contributed by atoms with E-state index in [0.717, 1.165) is 59.2 Å². The fourth-order valence-corrected chi connectivity index (χ4v) is 4.79. The molecule has 0 aromatic heterocycles. The van der Waals surface area contributed by atoms with E-state index in [4.69, 9.17) is 10.2 Å². The van der Waals surface area contributed by atoms with Gasteiger partial charge in [0.05, 0.1) is 0 Å². The first kappa shape index (κ1) is 36.5. The molecule has 0 aromatic carbocycles. The molecule has 2 nitrogen and oxygen atoms in total. The summed E-state index contributed by atoms with van der Waals surface area (Å²) >= 11 is 0. The number of aliphatic hydroxyl groups excluding tert-OH is 2. The van der Waals surface area contributed by atoms with E-state index in [1.807, 2.05) is 0 Å². The molecule has 0 aromatic rings. The van der Waals surface area contributed by atoms with Crippen LogP contribution < -0.4 is 0 Å². The third-order valence-corrected chi connectivity index (χ3v) is 8.29. The molecule has 0 bridgehead atoms. The van der Waals surface area contributed by atoms with E-state index in [1.165, 1.54) is 0 Å². The molecule has 2 saturated carbocycles. The summed E-state index contributed by atoms with van der Waals surface area (Å²) in [7, 11) is 0. The third kappa shape index (κ3) is 11.0. The van der Waals surface area contributed by atoms with Gasteiger partial charge in [0.25, 0.3) is 0 Å². The molecule has 0 atom stereocenters. The second kappa shape index (κ2) is 18.9. The van der Waals surface area contributed by atoms with Crippen LogP contribution >= 0.6 is 0 Å². The Kier molecular flexibility index (Phi) is 24.7. The van der Waals surface area contributed by atoms with E-state index >= 15 is 0 Å². The van der Waals surface area contributed by atoms with Crippen molar-refractivity contribution < 1.29 is 49.2 Å². The number of hydrogen-bond donors (Lipinski definition) is 2. The number of hydrogen-bond acceptors (Lipinski definition) is 2. The Hall–Kier alpha value is 1.17. The summed E-state index contributed by atoms with van der Waals surface area (Å²) in [6.45, 7) is 27.8. The Bertz CT molecular complexity index is 219. The molecule has 0 aliphatic heterocycles. The van der Waals surface area contributed by atoms with Gasteiger partial charge in [0, 0.05) is 13.2 Å². The molecule has 0 unspecified atom stereocenters. The monoisotopic (exact) mass is 576 g/mol.